The van der Waals surface area contributed by atoms with Crippen molar-refractivity contribution in [1.29, 1.82) is 0 Å². The van der Waals surface area contributed by atoms with E-state index in [0.29, 0.717) is 18.6 Å². The van der Waals surface area contributed by atoms with Crippen molar-refractivity contribution < 1.29 is 13.9 Å². The summed E-state index contributed by atoms with van der Waals surface area (Å²) in [7, 11) is 0. The van der Waals surface area contributed by atoms with E-state index in [2.05, 4.69) is 5.10 Å². The second kappa shape index (κ2) is 5.44. The zero-order valence-corrected chi connectivity index (χ0v) is 9.97. The van der Waals surface area contributed by atoms with Crippen molar-refractivity contribution >= 4 is 6.29 Å². The third-order valence-corrected chi connectivity index (χ3v) is 2.45. The Morgan fingerprint density at radius 2 is 2.28 bits per heavy atom. The number of ether oxygens (including phenoxy) is 1. The molecular formula is C13H13FN2O2. The Labute approximate surface area is 104 Å². The fourth-order valence-electron chi connectivity index (χ4n) is 1.56. The van der Waals surface area contributed by atoms with E-state index in [-0.39, 0.29) is 5.56 Å². The van der Waals surface area contributed by atoms with Crippen LogP contribution >= 0.6 is 0 Å². The zero-order valence-electron chi connectivity index (χ0n) is 9.97. The van der Waals surface area contributed by atoms with Gasteiger partial charge in [-0.05, 0) is 19.1 Å². The monoisotopic (exact) mass is 248 g/mol. The molecular weight excluding hydrogens is 235 g/mol. The van der Waals surface area contributed by atoms with E-state index in [9.17, 15) is 9.18 Å². The number of carbonyl (C=O) groups excluding carboxylic acids is 1. The average Bonchev–Trinajstić information content (AvgIpc) is 2.83. The molecule has 0 atom stereocenters. The minimum atomic E-state index is -0.487. The minimum Gasteiger partial charge on any atom is -0.489 e. The van der Waals surface area contributed by atoms with Gasteiger partial charge in [-0.25, -0.2) is 4.39 Å². The van der Waals surface area contributed by atoms with Crippen molar-refractivity contribution in [1.82, 2.24) is 9.78 Å². The van der Waals surface area contributed by atoms with Gasteiger partial charge in [0.25, 0.3) is 0 Å². The standard InChI is InChI=1S/C13H13FN2O2/c1-2-16-7-11(6-15-16)9-18-13-4-10(8-17)3-12(14)5-13/h3-8H,2,9H2,1H3. The smallest absolute Gasteiger partial charge is 0.150 e. The Morgan fingerprint density at radius 3 is 2.94 bits per heavy atom. The predicted octanol–water partition coefficient (Wildman–Crippen LogP) is 2.43. The summed E-state index contributed by atoms with van der Waals surface area (Å²) in [6, 6.07) is 3.91. The Bertz CT molecular complexity index is 552. The van der Waals surface area contributed by atoms with E-state index in [1.54, 1.807) is 10.9 Å². The molecule has 1 aromatic heterocycles. The lowest BCUT2D eigenvalue weighted by Crippen LogP contribution is -1.96. The van der Waals surface area contributed by atoms with Gasteiger partial charge in [0.1, 0.15) is 24.5 Å². The SMILES string of the molecule is CCn1cc(COc2cc(F)cc(C=O)c2)cn1. The number of nitrogens with zero attached hydrogens (tertiary/aromatic N) is 2. The second-order valence-electron chi connectivity index (χ2n) is 3.83. The Kier molecular flexibility index (Phi) is 3.72. The van der Waals surface area contributed by atoms with Crippen LogP contribution in [0.5, 0.6) is 5.75 Å². The van der Waals surface area contributed by atoms with E-state index >= 15 is 0 Å². The first kappa shape index (κ1) is 12.3. The molecule has 0 saturated carbocycles. The Hall–Kier alpha value is -2.17. The summed E-state index contributed by atoms with van der Waals surface area (Å²) in [5.41, 5.74) is 1.16. The molecule has 4 nitrogen and oxygen atoms in total. The largest absolute Gasteiger partial charge is 0.489 e. The fraction of sp³-hybridized carbons (Fsp3) is 0.231. The molecule has 5 heteroatoms. The molecule has 18 heavy (non-hydrogen) atoms. The van der Waals surface area contributed by atoms with Crippen LogP contribution < -0.4 is 4.74 Å². The number of aromatic nitrogens is 2. The minimum absolute atomic E-state index is 0.259. The number of halogens is 1. The van der Waals surface area contributed by atoms with Crippen molar-refractivity contribution in [2.24, 2.45) is 0 Å². The highest BCUT2D eigenvalue weighted by Gasteiger charge is 2.03. The van der Waals surface area contributed by atoms with E-state index in [0.717, 1.165) is 18.2 Å². The average molecular weight is 248 g/mol. The molecule has 0 fully saturated rings. The van der Waals surface area contributed by atoms with Gasteiger partial charge in [0, 0.05) is 29.9 Å². The molecule has 0 aliphatic carbocycles. The molecule has 2 aromatic rings. The molecule has 0 unspecified atom stereocenters. The van der Waals surface area contributed by atoms with Gasteiger partial charge in [-0.3, -0.25) is 9.48 Å². The van der Waals surface area contributed by atoms with E-state index in [1.807, 2.05) is 13.1 Å². The molecule has 1 heterocycles. The van der Waals surface area contributed by atoms with Gasteiger partial charge in [-0.1, -0.05) is 0 Å². The number of hydrogen-bond acceptors (Lipinski definition) is 3. The number of aldehydes is 1. The first-order chi connectivity index (χ1) is 8.71. The highest BCUT2D eigenvalue weighted by Crippen LogP contribution is 2.16. The normalized spacial score (nSPS) is 10.3. The fourth-order valence-corrected chi connectivity index (χ4v) is 1.56. The van der Waals surface area contributed by atoms with Crippen molar-refractivity contribution in [3.63, 3.8) is 0 Å². The van der Waals surface area contributed by atoms with Crippen LogP contribution in [0, 0.1) is 5.82 Å². The zero-order chi connectivity index (χ0) is 13.0. The maximum Gasteiger partial charge on any atom is 0.150 e. The van der Waals surface area contributed by atoms with Gasteiger partial charge in [-0.15, -0.1) is 0 Å². The van der Waals surface area contributed by atoms with Crippen LogP contribution in [0.2, 0.25) is 0 Å². The Morgan fingerprint density at radius 1 is 1.44 bits per heavy atom. The summed E-state index contributed by atoms with van der Waals surface area (Å²) < 4.78 is 20.3. The van der Waals surface area contributed by atoms with Crippen LogP contribution in [0.15, 0.2) is 30.6 Å². The topological polar surface area (TPSA) is 44.1 Å². The number of carbonyl (C=O) groups is 1. The molecule has 0 bridgehead atoms. The third kappa shape index (κ3) is 2.94. The van der Waals surface area contributed by atoms with Gasteiger partial charge in [0.2, 0.25) is 0 Å². The highest BCUT2D eigenvalue weighted by atomic mass is 19.1. The van der Waals surface area contributed by atoms with Gasteiger partial charge in [0.15, 0.2) is 0 Å². The molecule has 94 valence electrons. The van der Waals surface area contributed by atoms with Crippen molar-refractivity contribution in [3.8, 4) is 5.75 Å². The van der Waals surface area contributed by atoms with E-state index in [1.165, 1.54) is 12.1 Å². The predicted molar refractivity (Wildman–Crippen MR) is 64.0 cm³/mol. The molecule has 0 aliphatic heterocycles. The van der Waals surface area contributed by atoms with Crippen LogP contribution in [0.1, 0.15) is 22.8 Å². The Balaban J connectivity index is 2.05. The van der Waals surface area contributed by atoms with Crippen LogP contribution in [-0.4, -0.2) is 16.1 Å². The third-order valence-electron chi connectivity index (χ3n) is 2.45. The number of benzene rings is 1. The molecule has 0 aliphatic rings. The molecule has 1 aromatic carbocycles. The van der Waals surface area contributed by atoms with Crippen LogP contribution in [-0.2, 0) is 13.2 Å². The van der Waals surface area contributed by atoms with Gasteiger partial charge in [0.05, 0.1) is 6.20 Å². The summed E-state index contributed by atoms with van der Waals surface area (Å²) in [5.74, 6) is -0.153. The first-order valence-electron chi connectivity index (χ1n) is 5.61. The molecule has 0 saturated heterocycles. The quantitative estimate of drug-likeness (QED) is 0.763. The van der Waals surface area contributed by atoms with Gasteiger partial charge in [-0.2, -0.15) is 5.10 Å². The van der Waals surface area contributed by atoms with Crippen LogP contribution in [0.3, 0.4) is 0 Å². The van der Waals surface area contributed by atoms with Crippen molar-refractivity contribution in [3.05, 3.63) is 47.5 Å². The van der Waals surface area contributed by atoms with Gasteiger partial charge < -0.3 is 4.74 Å². The lowest BCUT2D eigenvalue weighted by atomic mass is 10.2. The van der Waals surface area contributed by atoms with Gasteiger partial charge >= 0.3 is 0 Å². The summed E-state index contributed by atoms with van der Waals surface area (Å²) in [5, 5.41) is 4.10. The van der Waals surface area contributed by atoms with Crippen molar-refractivity contribution in [2.75, 3.05) is 0 Å². The summed E-state index contributed by atoms with van der Waals surface area (Å²) in [4.78, 5) is 10.6. The molecule has 0 amide bonds. The van der Waals surface area contributed by atoms with E-state index in [4.69, 9.17) is 4.74 Å². The number of aryl methyl sites for hydroxylation is 1. The van der Waals surface area contributed by atoms with Crippen molar-refractivity contribution in [2.45, 2.75) is 20.1 Å². The maximum atomic E-state index is 13.1. The molecule has 0 spiro atoms. The molecule has 0 N–H and O–H groups in total. The lowest BCUT2D eigenvalue weighted by Gasteiger charge is -2.05. The summed E-state index contributed by atoms with van der Waals surface area (Å²) >= 11 is 0. The first-order valence-corrected chi connectivity index (χ1v) is 5.61. The number of rotatable bonds is 5. The lowest BCUT2D eigenvalue weighted by molar-refractivity contribution is 0.112. The van der Waals surface area contributed by atoms with E-state index < -0.39 is 5.82 Å². The maximum absolute atomic E-state index is 13.1. The molecule has 2 rings (SSSR count). The summed E-state index contributed by atoms with van der Waals surface area (Å²) in [6.07, 6.45) is 4.15. The molecule has 0 radical (unpaired) electrons. The van der Waals surface area contributed by atoms with Crippen LogP contribution in [0.25, 0.3) is 0 Å². The number of hydrogen-bond donors (Lipinski definition) is 0. The highest BCUT2D eigenvalue weighted by molar-refractivity contribution is 5.75. The van der Waals surface area contributed by atoms with Crippen LogP contribution in [0.4, 0.5) is 4.39 Å². The summed E-state index contributed by atoms with van der Waals surface area (Å²) in [6.45, 7) is 3.07. The second-order valence-corrected chi connectivity index (χ2v) is 3.83.